The zero-order valence-electron chi connectivity index (χ0n) is 17.1. The fourth-order valence-electron chi connectivity index (χ4n) is 3.24. The smallest absolute Gasteiger partial charge is 0.256 e. The van der Waals surface area contributed by atoms with Crippen LogP contribution in [-0.4, -0.2) is 5.91 Å². The molecule has 154 valence electrons. The van der Waals surface area contributed by atoms with E-state index in [1.165, 1.54) is 5.56 Å². The lowest BCUT2D eigenvalue weighted by Gasteiger charge is -2.11. The first-order valence-corrected chi connectivity index (χ1v) is 10.2. The molecule has 2 N–H and O–H groups in total. The van der Waals surface area contributed by atoms with Gasteiger partial charge in [0.1, 0.15) is 18.2 Å². The molecule has 0 aliphatic carbocycles. The predicted molar refractivity (Wildman–Crippen MR) is 123 cm³/mol. The lowest BCUT2D eigenvalue weighted by molar-refractivity contribution is 0.0964. The molecular weight excluding hydrogens is 384 g/mol. The summed E-state index contributed by atoms with van der Waals surface area (Å²) in [6.07, 6.45) is 8.54. The van der Waals surface area contributed by atoms with Gasteiger partial charge in [-0.15, -0.1) is 0 Å². The van der Waals surface area contributed by atoms with Crippen molar-refractivity contribution in [2.75, 3.05) is 0 Å². The second kappa shape index (κ2) is 10.1. The van der Waals surface area contributed by atoms with Gasteiger partial charge in [-0.05, 0) is 59.5 Å². The first kappa shape index (κ1) is 20.2. The van der Waals surface area contributed by atoms with Gasteiger partial charge in [0.2, 0.25) is 0 Å². The highest BCUT2D eigenvalue weighted by Crippen LogP contribution is 2.16. The molecule has 1 amide bonds. The fraction of sp³-hybridized carbons (Fsp3) is 0.0741. The first-order valence-electron chi connectivity index (χ1n) is 10.2. The van der Waals surface area contributed by atoms with Crippen molar-refractivity contribution in [1.29, 1.82) is 0 Å². The molecular formula is C27H24N2O2. The standard InChI is InChI=1S/C27H24N2O2/c30-27(24-13-15-25(16-14-24)31-20-22-10-5-2-6-11-22)29-26-19-23(12-7-17-28-26)18-21-8-3-1-4-9-21/h1-17,19,28H,18,20H2,(H,29,30). The summed E-state index contributed by atoms with van der Waals surface area (Å²) in [5.41, 5.74) is 3.99. The van der Waals surface area contributed by atoms with Gasteiger partial charge in [-0.3, -0.25) is 4.79 Å². The normalized spacial score (nSPS) is 12.8. The molecule has 4 nitrogen and oxygen atoms in total. The lowest BCUT2D eigenvalue weighted by Crippen LogP contribution is -2.29. The minimum absolute atomic E-state index is 0.178. The Labute approximate surface area is 182 Å². The number of benzene rings is 3. The predicted octanol–water partition coefficient (Wildman–Crippen LogP) is 5.12. The number of hydrogen-bond acceptors (Lipinski definition) is 3. The van der Waals surface area contributed by atoms with Crippen molar-refractivity contribution < 1.29 is 9.53 Å². The number of carbonyl (C=O) groups excluding carboxylic acids is 1. The molecule has 4 heteroatoms. The summed E-state index contributed by atoms with van der Waals surface area (Å²) in [7, 11) is 0. The Balaban J connectivity index is 1.36. The summed E-state index contributed by atoms with van der Waals surface area (Å²) in [5, 5.41) is 6.07. The third-order valence-corrected chi connectivity index (χ3v) is 4.84. The maximum absolute atomic E-state index is 12.7. The molecule has 0 spiro atoms. The van der Waals surface area contributed by atoms with Gasteiger partial charge in [-0.2, -0.15) is 0 Å². The average molecular weight is 409 g/mol. The monoisotopic (exact) mass is 408 g/mol. The number of nitrogens with one attached hydrogen (secondary N) is 2. The van der Waals surface area contributed by atoms with Crippen LogP contribution in [0.2, 0.25) is 0 Å². The Morgan fingerprint density at radius 2 is 1.52 bits per heavy atom. The summed E-state index contributed by atoms with van der Waals surface area (Å²) in [6, 6.07) is 27.4. The van der Waals surface area contributed by atoms with Crippen molar-refractivity contribution in [3.8, 4) is 5.75 Å². The maximum atomic E-state index is 12.7. The molecule has 0 atom stereocenters. The fourth-order valence-corrected chi connectivity index (χ4v) is 3.24. The molecule has 4 rings (SSSR count). The molecule has 1 aliphatic rings. The quantitative estimate of drug-likeness (QED) is 0.570. The van der Waals surface area contributed by atoms with Crippen LogP contribution in [0.3, 0.4) is 0 Å². The molecule has 3 aromatic carbocycles. The van der Waals surface area contributed by atoms with E-state index in [2.05, 4.69) is 22.8 Å². The molecule has 0 fully saturated rings. The minimum atomic E-state index is -0.178. The van der Waals surface area contributed by atoms with Crippen LogP contribution in [0.4, 0.5) is 0 Å². The number of amides is 1. The van der Waals surface area contributed by atoms with Crippen LogP contribution in [0, 0.1) is 0 Å². The highest BCUT2D eigenvalue weighted by atomic mass is 16.5. The van der Waals surface area contributed by atoms with Crippen LogP contribution in [0.15, 0.2) is 121 Å². The molecule has 0 saturated carbocycles. The summed E-state index contributed by atoms with van der Waals surface area (Å²) in [4.78, 5) is 12.7. The number of hydrogen-bond donors (Lipinski definition) is 2. The minimum Gasteiger partial charge on any atom is -0.489 e. The highest BCUT2D eigenvalue weighted by Gasteiger charge is 2.09. The van der Waals surface area contributed by atoms with E-state index >= 15 is 0 Å². The Kier molecular flexibility index (Phi) is 6.61. The van der Waals surface area contributed by atoms with Crippen LogP contribution < -0.4 is 15.4 Å². The van der Waals surface area contributed by atoms with Crippen LogP contribution in [0.1, 0.15) is 21.5 Å². The summed E-state index contributed by atoms with van der Waals surface area (Å²) < 4.78 is 5.79. The summed E-state index contributed by atoms with van der Waals surface area (Å²) >= 11 is 0. The van der Waals surface area contributed by atoms with E-state index in [4.69, 9.17) is 4.74 Å². The third-order valence-electron chi connectivity index (χ3n) is 4.84. The van der Waals surface area contributed by atoms with Crippen molar-refractivity contribution in [1.82, 2.24) is 10.6 Å². The van der Waals surface area contributed by atoms with Gasteiger partial charge in [-0.1, -0.05) is 66.7 Å². The lowest BCUT2D eigenvalue weighted by atomic mass is 10.0. The van der Waals surface area contributed by atoms with E-state index in [-0.39, 0.29) is 5.91 Å². The van der Waals surface area contributed by atoms with Gasteiger partial charge in [0, 0.05) is 11.8 Å². The van der Waals surface area contributed by atoms with Gasteiger partial charge >= 0.3 is 0 Å². The van der Waals surface area contributed by atoms with Crippen molar-refractivity contribution in [3.05, 3.63) is 137 Å². The first-order chi connectivity index (χ1) is 15.3. The molecule has 0 radical (unpaired) electrons. The van der Waals surface area contributed by atoms with Crippen LogP contribution in [-0.2, 0) is 13.0 Å². The Hall–Kier alpha value is -4.05. The molecule has 0 unspecified atom stereocenters. The Morgan fingerprint density at radius 1 is 0.839 bits per heavy atom. The van der Waals surface area contributed by atoms with Gasteiger partial charge in [0.05, 0.1) is 0 Å². The van der Waals surface area contributed by atoms with Crippen LogP contribution in [0.25, 0.3) is 0 Å². The molecule has 3 aromatic rings. The molecule has 31 heavy (non-hydrogen) atoms. The molecule has 1 aliphatic heterocycles. The third kappa shape index (κ3) is 5.97. The van der Waals surface area contributed by atoms with Gasteiger partial charge < -0.3 is 15.4 Å². The SMILES string of the molecule is O=C(NC1=CC(Cc2ccccc2)=CC=CN1)c1ccc(OCc2ccccc2)cc1. The van der Waals surface area contributed by atoms with E-state index in [0.29, 0.717) is 18.0 Å². The van der Waals surface area contributed by atoms with Crippen molar-refractivity contribution in [3.63, 3.8) is 0 Å². The number of allylic oxidation sites excluding steroid dienone is 4. The topological polar surface area (TPSA) is 50.4 Å². The second-order valence-electron chi connectivity index (χ2n) is 7.22. The number of carbonyl (C=O) groups is 1. The molecule has 0 saturated heterocycles. The Bertz CT molecular complexity index is 1100. The Morgan fingerprint density at radius 3 is 2.23 bits per heavy atom. The van der Waals surface area contributed by atoms with Crippen molar-refractivity contribution in [2.45, 2.75) is 13.0 Å². The van der Waals surface area contributed by atoms with Crippen molar-refractivity contribution in [2.24, 2.45) is 0 Å². The average Bonchev–Trinajstić information content (AvgIpc) is 3.04. The number of ether oxygens (including phenoxy) is 1. The van der Waals surface area contributed by atoms with E-state index in [9.17, 15) is 4.79 Å². The van der Waals surface area contributed by atoms with Crippen LogP contribution in [0.5, 0.6) is 5.75 Å². The maximum Gasteiger partial charge on any atom is 0.256 e. The van der Waals surface area contributed by atoms with E-state index in [0.717, 1.165) is 23.3 Å². The summed E-state index contributed by atoms with van der Waals surface area (Å²) in [6.45, 7) is 0.492. The zero-order chi connectivity index (χ0) is 21.3. The molecule has 0 aromatic heterocycles. The second-order valence-corrected chi connectivity index (χ2v) is 7.22. The largest absolute Gasteiger partial charge is 0.489 e. The molecule has 1 heterocycles. The molecule has 0 bridgehead atoms. The van der Waals surface area contributed by atoms with Crippen LogP contribution >= 0.6 is 0 Å². The summed E-state index contributed by atoms with van der Waals surface area (Å²) in [5.74, 6) is 1.19. The van der Waals surface area contributed by atoms with E-state index < -0.39 is 0 Å². The van der Waals surface area contributed by atoms with E-state index in [1.54, 1.807) is 12.1 Å². The number of rotatable bonds is 7. The van der Waals surface area contributed by atoms with E-state index in [1.807, 2.05) is 85.1 Å². The van der Waals surface area contributed by atoms with Crippen molar-refractivity contribution >= 4 is 5.91 Å². The van der Waals surface area contributed by atoms with Gasteiger partial charge in [-0.25, -0.2) is 0 Å². The highest BCUT2D eigenvalue weighted by molar-refractivity contribution is 5.95. The zero-order valence-corrected chi connectivity index (χ0v) is 17.1. The van der Waals surface area contributed by atoms with Gasteiger partial charge in [0.25, 0.3) is 5.91 Å². The van der Waals surface area contributed by atoms with Gasteiger partial charge in [0.15, 0.2) is 0 Å².